The maximum Gasteiger partial charge on any atom is 0.416 e. The van der Waals surface area contributed by atoms with E-state index in [1.54, 1.807) is 26.1 Å². The third-order valence-corrected chi connectivity index (χ3v) is 5.91. The van der Waals surface area contributed by atoms with Crippen LogP contribution in [-0.2, 0) is 17.5 Å². The van der Waals surface area contributed by atoms with Crippen molar-refractivity contribution in [3.8, 4) is 10.4 Å². The second-order valence-corrected chi connectivity index (χ2v) is 7.71. The maximum atomic E-state index is 13.1. The second kappa shape index (κ2) is 9.38. The fourth-order valence-corrected chi connectivity index (χ4v) is 4.25. The van der Waals surface area contributed by atoms with Crippen LogP contribution in [0.2, 0.25) is 0 Å². The fraction of sp³-hybridized carbons (Fsp3) is 0.273. The number of alkyl halides is 3. The molecule has 1 N–H and O–H groups in total. The zero-order valence-corrected chi connectivity index (χ0v) is 18.1. The van der Waals surface area contributed by atoms with Crippen molar-refractivity contribution >= 4 is 23.1 Å². The third kappa shape index (κ3) is 5.35. The molecule has 2 aromatic carbocycles. The van der Waals surface area contributed by atoms with Crippen molar-refractivity contribution in [3.63, 3.8) is 0 Å². The minimum absolute atomic E-state index is 0.273. The van der Waals surface area contributed by atoms with E-state index < -0.39 is 17.8 Å². The van der Waals surface area contributed by atoms with Crippen molar-refractivity contribution in [2.45, 2.75) is 26.6 Å². The lowest BCUT2D eigenvalue weighted by Gasteiger charge is -2.11. The molecule has 0 spiro atoms. The number of benzene rings is 2. The Morgan fingerprint density at radius 2 is 1.94 bits per heavy atom. The van der Waals surface area contributed by atoms with Gasteiger partial charge in [0, 0.05) is 18.4 Å². The van der Waals surface area contributed by atoms with Crippen LogP contribution in [0.25, 0.3) is 10.4 Å². The van der Waals surface area contributed by atoms with Gasteiger partial charge in [-0.3, -0.25) is 10.3 Å². The molecule has 1 amide bonds. The van der Waals surface area contributed by atoms with Crippen molar-refractivity contribution in [1.82, 2.24) is 4.57 Å². The topological polar surface area (TPSA) is 55.6 Å². The summed E-state index contributed by atoms with van der Waals surface area (Å²) in [5.74, 6) is 0. The molecule has 0 fully saturated rings. The molecule has 5 nitrogen and oxygen atoms in total. The summed E-state index contributed by atoms with van der Waals surface area (Å²) in [5, 5.41) is 2.67. The van der Waals surface area contributed by atoms with Gasteiger partial charge in [-0.25, -0.2) is 4.79 Å². The van der Waals surface area contributed by atoms with Crippen molar-refractivity contribution in [2.24, 2.45) is 4.99 Å². The van der Waals surface area contributed by atoms with E-state index in [0.717, 1.165) is 28.3 Å². The average molecular weight is 449 g/mol. The van der Waals surface area contributed by atoms with Crippen molar-refractivity contribution < 1.29 is 22.7 Å². The van der Waals surface area contributed by atoms with E-state index in [9.17, 15) is 18.0 Å². The lowest BCUT2D eigenvalue weighted by molar-refractivity contribution is -0.137. The largest absolute Gasteiger partial charge is 0.450 e. The van der Waals surface area contributed by atoms with Crippen LogP contribution in [0, 0.1) is 6.92 Å². The van der Waals surface area contributed by atoms with Gasteiger partial charge in [-0.15, -0.1) is 0 Å². The minimum atomic E-state index is -4.40. The molecule has 3 aromatic rings. The molecule has 0 aliphatic heterocycles. The molecule has 0 radical (unpaired) electrons. The van der Waals surface area contributed by atoms with Gasteiger partial charge in [-0.2, -0.15) is 13.2 Å². The Balaban J connectivity index is 1.94. The van der Waals surface area contributed by atoms with E-state index in [1.807, 2.05) is 29.7 Å². The maximum absolute atomic E-state index is 13.1. The number of halogens is 3. The smallest absolute Gasteiger partial charge is 0.416 e. The van der Waals surface area contributed by atoms with Gasteiger partial charge in [0.25, 0.3) is 0 Å². The number of aromatic nitrogens is 1. The molecule has 0 saturated carbocycles. The highest BCUT2D eigenvalue weighted by atomic mass is 32.1. The Kier molecular flexibility index (Phi) is 6.84. The summed E-state index contributed by atoms with van der Waals surface area (Å²) >= 11 is 1.34. The van der Waals surface area contributed by atoms with Crippen LogP contribution in [0.3, 0.4) is 0 Å². The van der Waals surface area contributed by atoms with Crippen molar-refractivity contribution in [2.75, 3.05) is 19.0 Å². The summed E-state index contributed by atoms with van der Waals surface area (Å²) in [6.45, 7) is 4.31. The lowest BCUT2D eigenvalue weighted by atomic mass is 10.1. The van der Waals surface area contributed by atoms with Gasteiger partial charge < -0.3 is 9.30 Å². The number of hydrogen-bond acceptors (Lipinski definition) is 4. The number of rotatable bonds is 5. The monoisotopic (exact) mass is 449 g/mol. The Labute approximate surface area is 181 Å². The molecule has 0 aliphatic rings. The number of nitrogens with one attached hydrogen (secondary N) is 1. The molecular weight excluding hydrogens is 427 g/mol. The zero-order chi connectivity index (χ0) is 22.6. The van der Waals surface area contributed by atoms with E-state index in [0.29, 0.717) is 22.6 Å². The van der Waals surface area contributed by atoms with E-state index in [1.165, 1.54) is 17.4 Å². The van der Waals surface area contributed by atoms with E-state index >= 15 is 0 Å². The van der Waals surface area contributed by atoms with Crippen LogP contribution in [0.1, 0.15) is 23.7 Å². The standard InChI is InChI=1S/C22H22F3N3O2S/c1-4-30-21(29)27-18-10-5-7-15(11-18)13-28-14(2)19(31-20(28)26-3)16-8-6-9-17(12-16)22(23,24)25/h5-12H,4,13H2,1-3H3,(H,27,29). The van der Waals surface area contributed by atoms with E-state index in [-0.39, 0.29) is 6.61 Å². The Hall–Kier alpha value is -3.07. The van der Waals surface area contributed by atoms with E-state index in [2.05, 4.69) is 10.3 Å². The molecule has 1 aromatic heterocycles. The number of anilines is 1. The summed E-state index contributed by atoms with van der Waals surface area (Å²) in [5.41, 5.74) is 2.13. The van der Waals surface area contributed by atoms with Gasteiger partial charge in [0.15, 0.2) is 4.80 Å². The number of thiazole rings is 1. The molecule has 31 heavy (non-hydrogen) atoms. The van der Waals surface area contributed by atoms with E-state index in [4.69, 9.17) is 4.74 Å². The SMILES string of the molecule is CCOC(=O)Nc1cccc(Cn2c(C)c(-c3cccc(C(F)(F)F)c3)sc2=NC)c1. The predicted molar refractivity (Wildman–Crippen MR) is 115 cm³/mol. The van der Waals surface area contributed by atoms with Crippen LogP contribution in [-0.4, -0.2) is 24.3 Å². The summed E-state index contributed by atoms with van der Waals surface area (Å²) in [4.78, 5) is 17.4. The number of amides is 1. The quantitative estimate of drug-likeness (QED) is 0.544. The lowest BCUT2D eigenvalue weighted by Crippen LogP contribution is -2.17. The summed E-state index contributed by atoms with van der Waals surface area (Å²) in [6.07, 6.45) is -4.93. The number of hydrogen-bond donors (Lipinski definition) is 1. The van der Waals surface area contributed by atoms with Crippen LogP contribution >= 0.6 is 11.3 Å². The molecular formula is C22H22F3N3O2S. The predicted octanol–water partition coefficient (Wildman–Crippen LogP) is 5.69. The minimum Gasteiger partial charge on any atom is -0.450 e. The third-order valence-electron chi connectivity index (χ3n) is 4.59. The highest BCUT2D eigenvalue weighted by Crippen LogP contribution is 2.34. The zero-order valence-electron chi connectivity index (χ0n) is 17.3. The molecule has 0 unspecified atom stereocenters. The first-order chi connectivity index (χ1) is 14.7. The molecule has 0 atom stereocenters. The molecule has 3 rings (SSSR count). The van der Waals surface area contributed by atoms with Crippen LogP contribution in [0.15, 0.2) is 53.5 Å². The Bertz CT molecular complexity index is 1150. The number of carbonyl (C=O) groups excluding carboxylic acids is 1. The van der Waals surface area contributed by atoms with Crippen molar-refractivity contribution in [1.29, 1.82) is 0 Å². The fourth-order valence-electron chi connectivity index (χ4n) is 3.16. The molecule has 9 heteroatoms. The highest BCUT2D eigenvalue weighted by molar-refractivity contribution is 7.13. The molecule has 0 saturated heterocycles. The second-order valence-electron chi connectivity index (χ2n) is 6.73. The molecule has 1 heterocycles. The Morgan fingerprint density at radius 1 is 1.19 bits per heavy atom. The number of carbonyl (C=O) groups is 1. The molecule has 164 valence electrons. The first kappa shape index (κ1) is 22.6. The first-order valence-corrected chi connectivity index (χ1v) is 10.4. The molecule has 0 aliphatic carbocycles. The van der Waals surface area contributed by atoms with Gasteiger partial charge in [-0.05, 0) is 49.2 Å². The number of ether oxygens (including phenoxy) is 1. The average Bonchev–Trinajstić information content (AvgIpc) is 3.03. The highest BCUT2D eigenvalue weighted by Gasteiger charge is 2.30. The summed E-state index contributed by atoms with van der Waals surface area (Å²) in [6, 6.07) is 12.6. The normalized spacial score (nSPS) is 12.1. The summed E-state index contributed by atoms with van der Waals surface area (Å²) < 4.78 is 46.3. The van der Waals surface area contributed by atoms with Gasteiger partial charge >= 0.3 is 12.3 Å². The Morgan fingerprint density at radius 3 is 2.61 bits per heavy atom. The van der Waals surface area contributed by atoms with Gasteiger partial charge in [0.2, 0.25) is 0 Å². The molecule has 0 bridgehead atoms. The van der Waals surface area contributed by atoms with Crippen LogP contribution in [0.4, 0.5) is 23.7 Å². The van der Waals surface area contributed by atoms with Crippen molar-refractivity contribution in [3.05, 3.63) is 70.2 Å². The van der Waals surface area contributed by atoms with Crippen LogP contribution in [0.5, 0.6) is 0 Å². The van der Waals surface area contributed by atoms with Crippen LogP contribution < -0.4 is 10.1 Å². The van der Waals surface area contributed by atoms with Gasteiger partial charge in [-0.1, -0.05) is 35.6 Å². The first-order valence-electron chi connectivity index (χ1n) is 9.56. The number of nitrogens with zero attached hydrogens (tertiary/aromatic N) is 2. The van der Waals surface area contributed by atoms with Gasteiger partial charge in [0.1, 0.15) is 0 Å². The van der Waals surface area contributed by atoms with Gasteiger partial charge in [0.05, 0.1) is 23.6 Å². The summed E-state index contributed by atoms with van der Waals surface area (Å²) in [7, 11) is 1.65.